The molecule has 2 aromatic rings. The van der Waals surface area contributed by atoms with Crippen molar-refractivity contribution < 1.29 is 4.74 Å². The molecular weight excluding hydrogens is 294 g/mol. The lowest BCUT2D eigenvalue weighted by Crippen LogP contribution is -2.39. The van der Waals surface area contributed by atoms with E-state index in [4.69, 9.17) is 4.74 Å². The molecule has 2 heteroatoms. The standard InChI is InChI=1S/C22H29NO/c1-17(23-21-10-7-15-22(21,2)3)19-11-13-20(14-12-19)24-16-18-8-5-4-6-9-18/h4-6,8-9,11-14,17,21,23H,7,10,15-16H2,1-3H3. The molecule has 0 saturated heterocycles. The van der Waals surface area contributed by atoms with Crippen LogP contribution in [0.1, 0.15) is 57.2 Å². The molecule has 0 radical (unpaired) electrons. The van der Waals surface area contributed by atoms with Crippen LogP contribution in [0.4, 0.5) is 0 Å². The molecule has 1 N–H and O–H groups in total. The number of hydrogen-bond acceptors (Lipinski definition) is 2. The summed E-state index contributed by atoms with van der Waals surface area (Å²) in [6.07, 6.45) is 3.95. The predicted octanol–water partition coefficient (Wildman–Crippen LogP) is 5.49. The SMILES string of the molecule is CC(NC1CCCC1(C)C)c1ccc(OCc2ccccc2)cc1. The van der Waals surface area contributed by atoms with E-state index in [1.165, 1.54) is 30.4 Å². The van der Waals surface area contributed by atoms with Gasteiger partial charge in [0, 0.05) is 12.1 Å². The minimum atomic E-state index is 0.371. The van der Waals surface area contributed by atoms with Gasteiger partial charge in [0.25, 0.3) is 0 Å². The average molecular weight is 323 g/mol. The normalized spacial score (nSPS) is 20.7. The van der Waals surface area contributed by atoms with E-state index in [0.717, 1.165) is 5.75 Å². The van der Waals surface area contributed by atoms with E-state index in [9.17, 15) is 0 Å². The Labute approximate surface area is 146 Å². The second-order valence-electron chi connectivity index (χ2n) is 7.67. The van der Waals surface area contributed by atoms with Crippen LogP contribution in [0, 0.1) is 5.41 Å². The number of rotatable bonds is 6. The van der Waals surface area contributed by atoms with Crippen molar-refractivity contribution in [3.05, 3.63) is 65.7 Å². The summed E-state index contributed by atoms with van der Waals surface area (Å²) in [6, 6.07) is 19.8. The molecule has 3 rings (SSSR count). The molecular formula is C22H29NO. The Morgan fingerprint density at radius 2 is 1.79 bits per heavy atom. The van der Waals surface area contributed by atoms with Crippen molar-refractivity contribution in [2.24, 2.45) is 5.41 Å². The first-order chi connectivity index (χ1) is 11.5. The number of nitrogens with one attached hydrogen (secondary N) is 1. The molecule has 1 aliphatic carbocycles. The lowest BCUT2D eigenvalue weighted by molar-refractivity contribution is 0.266. The first kappa shape index (κ1) is 17.0. The Balaban J connectivity index is 1.55. The third-order valence-electron chi connectivity index (χ3n) is 5.34. The zero-order valence-electron chi connectivity index (χ0n) is 15.1. The lowest BCUT2D eigenvalue weighted by atomic mass is 9.86. The van der Waals surface area contributed by atoms with E-state index >= 15 is 0 Å². The molecule has 2 atom stereocenters. The highest BCUT2D eigenvalue weighted by Gasteiger charge is 2.34. The largest absolute Gasteiger partial charge is 0.489 e. The van der Waals surface area contributed by atoms with Gasteiger partial charge in [-0.15, -0.1) is 0 Å². The molecule has 128 valence electrons. The lowest BCUT2D eigenvalue weighted by Gasteiger charge is -2.31. The summed E-state index contributed by atoms with van der Waals surface area (Å²) in [4.78, 5) is 0. The average Bonchev–Trinajstić information content (AvgIpc) is 2.93. The second kappa shape index (κ2) is 7.40. The quantitative estimate of drug-likeness (QED) is 0.758. The molecule has 1 aliphatic rings. The van der Waals surface area contributed by atoms with E-state index in [2.05, 4.69) is 62.5 Å². The summed E-state index contributed by atoms with van der Waals surface area (Å²) >= 11 is 0. The fourth-order valence-electron chi connectivity index (χ4n) is 3.63. The minimum absolute atomic E-state index is 0.371. The Morgan fingerprint density at radius 3 is 2.42 bits per heavy atom. The van der Waals surface area contributed by atoms with E-state index < -0.39 is 0 Å². The minimum Gasteiger partial charge on any atom is -0.489 e. The van der Waals surface area contributed by atoms with Gasteiger partial charge < -0.3 is 10.1 Å². The van der Waals surface area contributed by atoms with Crippen molar-refractivity contribution in [3.63, 3.8) is 0 Å². The fourth-order valence-corrected chi connectivity index (χ4v) is 3.63. The third kappa shape index (κ3) is 4.18. The zero-order chi connectivity index (χ0) is 17.0. The van der Waals surface area contributed by atoms with Crippen LogP contribution in [0.2, 0.25) is 0 Å². The molecule has 0 bridgehead atoms. The highest BCUT2D eigenvalue weighted by molar-refractivity contribution is 5.29. The van der Waals surface area contributed by atoms with E-state index in [0.29, 0.717) is 24.1 Å². The number of benzene rings is 2. The first-order valence-electron chi connectivity index (χ1n) is 9.07. The Bertz CT molecular complexity index is 633. The van der Waals surface area contributed by atoms with Crippen LogP contribution in [0.15, 0.2) is 54.6 Å². The van der Waals surface area contributed by atoms with Crippen molar-refractivity contribution >= 4 is 0 Å². The van der Waals surface area contributed by atoms with E-state index in [1.54, 1.807) is 0 Å². The van der Waals surface area contributed by atoms with Crippen LogP contribution >= 0.6 is 0 Å². The molecule has 0 amide bonds. The monoisotopic (exact) mass is 323 g/mol. The van der Waals surface area contributed by atoms with Gasteiger partial charge in [-0.3, -0.25) is 0 Å². The summed E-state index contributed by atoms with van der Waals surface area (Å²) < 4.78 is 5.87. The van der Waals surface area contributed by atoms with Crippen LogP contribution < -0.4 is 10.1 Å². The summed E-state index contributed by atoms with van der Waals surface area (Å²) in [5, 5.41) is 3.82. The molecule has 0 aliphatic heterocycles. The maximum atomic E-state index is 5.87. The van der Waals surface area contributed by atoms with E-state index in [-0.39, 0.29) is 0 Å². The number of hydrogen-bond donors (Lipinski definition) is 1. The molecule has 0 heterocycles. The molecule has 0 spiro atoms. The first-order valence-corrected chi connectivity index (χ1v) is 9.07. The molecule has 1 fully saturated rings. The van der Waals surface area contributed by atoms with Gasteiger partial charge in [0.1, 0.15) is 12.4 Å². The van der Waals surface area contributed by atoms with Crippen molar-refractivity contribution in [1.29, 1.82) is 0 Å². The van der Waals surface area contributed by atoms with Crippen LogP contribution in [0.3, 0.4) is 0 Å². The van der Waals surface area contributed by atoms with Gasteiger partial charge in [0.2, 0.25) is 0 Å². The Morgan fingerprint density at radius 1 is 1.08 bits per heavy atom. The van der Waals surface area contributed by atoms with Crippen LogP contribution in [0.25, 0.3) is 0 Å². The highest BCUT2D eigenvalue weighted by Crippen LogP contribution is 2.38. The van der Waals surface area contributed by atoms with Gasteiger partial charge in [0.05, 0.1) is 0 Å². The van der Waals surface area contributed by atoms with Gasteiger partial charge in [-0.2, -0.15) is 0 Å². The van der Waals surface area contributed by atoms with Crippen LogP contribution in [-0.2, 0) is 6.61 Å². The summed E-state index contributed by atoms with van der Waals surface area (Å²) in [5.41, 5.74) is 2.93. The smallest absolute Gasteiger partial charge is 0.119 e. The molecule has 0 aromatic heterocycles. The molecule has 2 nitrogen and oxygen atoms in total. The van der Waals surface area contributed by atoms with Crippen molar-refractivity contribution in [2.45, 2.75) is 58.7 Å². The Kier molecular flexibility index (Phi) is 5.25. The molecule has 2 unspecified atom stereocenters. The zero-order valence-corrected chi connectivity index (χ0v) is 15.1. The van der Waals surface area contributed by atoms with E-state index in [1.807, 2.05) is 18.2 Å². The van der Waals surface area contributed by atoms with Crippen molar-refractivity contribution in [1.82, 2.24) is 5.32 Å². The third-order valence-corrected chi connectivity index (χ3v) is 5.34. The second-order valence-corrected chi connectivity index (χ2v) is 7.67. The maximum Gasteiger partial charge on any atom is 0.119 e. The fraction of sp³-hybridized carbons (Fsp3) is 0.455. The Hall–Kier alpha value is -1.80. The van der Waals surface area contributed by atoms with Gasteiger partial charge in [-0.25, -0.2) is 0 Å². The summed E-state index contributed by atoms with van der Waals surface area (Å²) in [6.45, 7) is 7.63. The number of ether oxygens (including phenoxy) is 1. The molecule has 24 heavy (non-hydrogen) atoms. The van der Waals surface area contributed by atoms with Crippen LogP contribution in [0.5, 0.6) is 5.75 Å². The van der Waals surface area contributed by atoms with Gasteiger partial charge in [-0.1, -0.05) is 62.7 Å². The van der Waals surface area contributed by atoms with Gasteiger partial charge in [-0.05, 0) is 48.4 Å². The van der Waals surface area contributed by atoms with Crippen molar-refractivity contribution in [3.8, 4) is 5.75 Å². The highest BCUT2D eigenvalue weighted by atomic mass is 16.5. The maximum absolute atomic E-state index is 5.87. The molecule has 1 saturated carbocycles. The predicted molar refractivity (Wildman–Crippen MR) is 100 cm³/mol. The van der Waals surface area contributed by atoms with Crippen molar-refractivity contribution in [2.75, 3.05) is 0 Å². The summed E-state index contributed by atoms with van der Waals surface area (Å²) in [7, 11) is 0. The van der Waals surface area contributed by atoms with Crippen LogP contribution in [-0.4, -0.2) is 6.04 Å². The van der Waals surface area contributed by atoms with Gasteiger partial charge in [0.15, 0.2) is 0 Å². The topological polar surface area (TPSA) is 21.3 Å². The summed E-state index contributed by atoms with van der Waals surface area (Å²) in [5.74, 6) is 0.927. The molecule has 2 aromatic carbocycles. The van der Waals surface area contributed by atoms with Gasteiger partial charge >= 0.3 is 0 Å².